The number of hydrogen-bond acceptors (Lipinski definition) is 4. The normalized spacial score (nSPS) is 12.3. The Morgan fingerprint density at radius 1 is 1.28 bits per heavy atom. The van der Waals surface area contributed by atoms with E-state index in [1.165, 1.54) is 0 Å². The summed E-state index contributed by atoms with van der Waals surface area (Å²) in [6, 6.07) is 6.72. The molecule has 0 aliphatic heterocycles. The molecule has 0 spiro atoms. The smallest absolute Gasteiger partial charge is 0.272 e. The van der Waals surface area contributed by atoms with E-state index in [0.29, 0.717) is 10.8 Å². The van der Waals surface area contributed by atoms with Crippen molar-refractivity contribution >= 4 is 16.7 Å². The highest BCUT2D eigenvalue weighted by Gasteiger charge is 2.21. The lowest BCUT2D eigenvalue weighted by Gasteiger charge is -2.15. The maximum absolute atomic E-state index is 12.7. The molecule has 0 saturated carbocycles. The molecule has 0 aliphatic carbocycles. The first kappa shape index (κ1) is 16.9. The van der Waals surface area contributed by atoms with Gasteiger partial charge in [-0.1, -0.05) is 18.2 Å². The molecule has 1 amide bonds. The molecule has 1 atom stereocenters. The SMILES string of the molecule is CCn1nc(C)c(C(C)NC(=O)c2n[nH]c(=O)c3ccccc23)c1C. The van der Waals surface area contributed by atoms with Crippen molar-refractivity contribution in [3.8, 4) is 0 Å². The second-order valence-electron chi connectivity index (χ2n) is 6.04. The van der Waals surface area contributed by atoms with Crippen LogP contribution in [0.3, 0.4) is 0 Å². The Hall–Kier alpha value is -2.96. The summed E-state index contributed by atoms with van der Waals surface area (Å²) in [6.45, 7) is 8.66. The molecule has 0 bridgehead atoms. The van der Waals surface area contributed by atoms with Crippen LogP contribution < -0.4 is 10.9 Å². The van der Waals surface area contributed by atoms with E-state index in [1.54, 1.807) is 24.3 Å². The minimum absolute atomic E-state index is 0.209. The Labute approximate surface area is 145 Å². The van der Waals surface area contributed by atoms with Gasteiger partial charge in [0.1, 0.15) is 0 Å². The van der Waals surface area contributed by atoms with Gasteiger partial charge in [-0.05, 0) is 33.8 Å². The quantitative estimate of drug-likeness (QED) is 0.762. The highest BCUT2D eigenvalue weighted by atomic mass is 16.2. The topological polar surface area (TPSA) is 92.7 Å². The number of amides is 1. The van der Waals surface area contributed by atoms with Crippen molar-refractivity contribution < 1.29 is 4.79 Å². The maximum atomic E-state index is 12.7. The van der Waals surface area contributed by atoms with Crippen LogP contribution in [0.2, 0.25) is 0 Å². The van der Waals surface area contributed by atoms with Crippen LogP contribution >= 0.6 is 0 Å². The summed E-state index contributed by atoms with van der Waals surface area (Å²) in [5.74, 6) is -0.331. The molecule has 0 aliphatic rings. The van der Waals surface area contributed by atoms with Crippen LogP contribution in [0.4, 0.5) is 0 Å². The minimum atomic E-state index is -0.331. The first-order valence-corrected chi connectivity index (χ1v) is 8.26. The molecule has 1 aromatic carbocycles. The molecule has 0 radical (unpaired) electrons. The summed E-state index contributed by atoms with van der Waals surface area (Å²) in [6.07, 6.45) is 0. The largest absolute Gasteiger partial charge is 0.344 e. The highest BCUT2D eigenvalue weighted by Crippen LogP contribution is 2.22. The average molecular weight is 339 g/mol. The fourth-order valence-electron chi connectivity index (χ4n) is 3.27. The molecule has 25 heavy (non-hydrogen) atoms. The second-order valence-corrected chi connectivity index (χ2v) is 6.04. The van der Waals surface area contributed by atoms with Gasteiger partial charge in [0, 0.05) is 23.2 Å². The van der Waals surface area contributed by atoms with Gasteiger partial charge in [-0.25, -0.2) is 5.10 Å². The van der Waals surface area contributed by atoms with Crippen LogP contribution in [0.15, 0.2) is 29.1 Å². The summed E-state index contributed by atoms with van der Waals surface area (Å²) in [4.78, 5) is 24.6. The summed E-state index contributed by atoms with van der Waals surface area (Å²) < 4.78 is 1.92. The molecule has 130 valence electrons. The lowest BCUT2D eigenvalue weighted by Crippen LogP contribution is -2.29. The predicted octanol–water partition coefficient (Wildman–Crippen LogP) is 2.25. The van der Waals surface area contributed by atoms with Gasteiger partial charge in [0.2, 0.25) is 0 Å². The molecule has 1 unspecified atom stereocenters. The number of aryl methyl sites for hydroxylation is 2. The van der Waals surface area contributed by atoms with Crippen LogP contribution in [0.5, 0.6) is 0 Å². The van der Waals surface area contributed by atoms with Crippen LogP contribution in [0.25, 0.3) is 10.8 Å². The van der Waals surface area contributed by atoms with Crippen molar-refractivity contribution in [1.29, 1.82) is 0 Å². The average Bonchev–Trinajstić information content (AvgIpc) is 2.89. The van der Waals surface area contributed by atoms with Crippen LogP contribution in [0.1, 0.15) is 47.3 Å². The third kappa shape index (κ3) is 2.93. The van der Waals surface area contributed by atoms with E-state index < -0.39 is 0 Å². The number of H-pyrrole nitrogens is 1. The summed E-state index contributed by atoms with van der Waals surface area (Å²) in [5, 5.41) is 14.8. The number of carbonyl (C=O) groups excluding carboxylic acids is 1. The first-order chi connectivity index (χ1) is 11.9. The van der Waals surface area contributed by atoms with Crippen molar-refractivity contribution in [3.05, 3.63) is 57.3 Å². The Morgan fingerprint density at radius 3 is 2.60 bits per heavy atom. The van der Waals surface area contributed by atoms with E-state index in [4.69, 9.17) is 0 Å². The second kappa shape index (κ2) is 6.51. The number of benzene rings is 1. The van der Waals surface area contributed by atoms with E-state index in [0.717, 1.165) is 23.5 Å². The lowest BCUT2D eigenvalue weighted by atomic mass is 10.1. The van der Waals surface area contributed by atoms with Crippen LogP contribution in [-0.4, -0.2) is 25.9 Å². The Balaban J connectivity index is 1.95. The van der Waals surface area contributed by atoms with Gasteiger partial charge in [0.15, 0.2) is 5.69 Å². The van der Waals surface area contributed by atoms with Gasteiger partial charge >= 0.3 is 0 Å². The molecule has 2 N–H and O–H groups in total. The Morgan fingerprint density at radius 2 is 1.96 bits per heavy atom. The van der Waals surface area contributed by atoms with E-state index in [2.05, 4.69) is 20.6 Å². The van der Waals surface area contributed by atoms with Crippen molar-refractivity contribution in [3.63, 3.8) is 0 Å². The van der Waals surface area contributed by atoms with Crippen molar-refractivity contribution in [2.24, 2.45) is 0 Å². The first-order valence-electron chi connectivity index (χ1n) is 8.26. The number of rotatable bonds is 4. The number of hydrogen-bond donors (Lipinski definition) is 2. The van der Waals surface area contributed by atoms with Crippen molar-refractivity contribution in [2.45, 2.75) is 40.3 Å². The van der Waals surface area contributed by atoms with Gasteiger partial charge in [-0.15, -0.1) is 0 Å². The number of carbonyl (C=O) groups is 1. The summed E-state index contributed by atoms with van der Waals surface area (Å²) in [5.41, 5.74) is 2.83. The zero-order valence-electron chi connectivity index (χ0n) is 14.8. The van der Waals surface area contributed by atoms with Crippen molar-refractivity contribution in [1.82, 2.24) is 25.3 Å². The molecule has 7 heteroatoms. The summed E-state index contributed by atoms with van der Waals surface area (Å²) in [7, 11) is 0. The highest BCUT2D eigenvalue weighted by molar-refractivity contribution is 6.04. The third-order valence-electron chi connectivity index (χ3n) is 4.43. The zero-order valence-corrected chi connectivity index (χ0v) is 14.8. The van der Waals surface area contributed by atoms with Crippen molar-refractivity contribution in [2.75, 3.05) is 0 Å². The lowest BCUT2D eigenvalue weighted by molar-refractivity contribution is 0.0935. The van der Waals surface area contributed by atoms with Gasteiger partial charge in [-0.3, -0.25) is 14.3 Å². The predicted molar refractivity (Wildman–Crippen MR) is 95.6 cm³/mol. The number of aromatic amines is 1. The van der Waals surface area contributed by atoms with Gasteiger partial charge < -0.3 is 5.32 Å². The van der Waals surface area contributed by atoms with E-state index in [-0.39, 0.29) is 23.2 Å². The Bertz CT molecular complexity index is 1000. The molecular formula is C18H21N5O2. The molecule has 0 fully saturated rings. The minimum Gasteiger partial charge on any atom is -0.344 e. The Kier molecular flexibility index (Phi) is 4.39. The maximum Gasteiger partial charge on any atom is 0.272 e. The molecule has 2 aromatic heterocycles. The molecule has 7 nitrogen and oxygen atoms in total. The molecule has 3 rings (SSSR count). The number of nitrogens with zero attached hydrogens (tertiary/aromatic N) is 3. The molecule has 2 heterocycles. The summed E-state index contributed by atoms with van der Waals surface area (Å²) >= 11 is 0. The standard InChI is InChI=1S/C18H21N5O2/c1-5-23-12(4)15(11(3)22-23)10(2)19-18(25)16-13-8-6-7-9-14(13)17(24)21-20-16/h6-10H,5H2,1-4H3,(H,19,25)(H,21,24). The van der Waals surface area contributed by atoms with E-state index >= 15 is 0 Å². The molecular weight excluding hydrogens is 318 g/mol. The number of aromatic nitrogens is 4. The van der Waals surface area contributed by atoms with Crippen LogP contribution in [0, 0.1) is 13.8 Å². The van der Waals surface area contributed by atoms with Crippen LogP contribution in [-0.2, 0) is 6.54 Å². The van der Waals surface area contributed by atoms with Gasteiger partial charge in [-0.2, -0.15) is 10.2 Å². The zero-order chi connectivity index (χ0) is 18.1. The number of nitrogens with one attached hydrogen (secondary N) is 2. The van der Waals surface area contributed by atoms with E-state index in [9.17, 15) is 9.59 Å². The molecule has 3 aromatic rings. The third-order valence-corrected chi connectivity index (χ3v) is 4.43. The van der Waals surface area contributed by atoms with Gasteiger partial charge in [0.05, 0.1) is 17.1 Å². The molecule has 0 saturated heterocycles. The fraction of sp³-hybridized carbons (Fsp3) is 0.333. The van der Waals surface area contributed by atoms with Gasteiger partial charge in [0.25, 0.3) is 11.5 Å². The monoisotopic (exact) mass is 339 g/mol. The number of fused-ring (bicyclic) bond motifs is 1. The van der Waals surface area contributed by atoms with E-state index in [1.807, 2.05) is 32.4 Å². The fourth-order valence-corrected chi connectivity index (χ4v) is 3.27.